The molecule has 2 saturated heterocycles. The van der Waals surface area contributed by atoms with E-state index in [1.54, 1.807) is 6.20 Å². The van der Waals surface area contributed by atoms with Crippen LogP contribution >= 0.6 is 0 Å². The highest BCUT2D eigenvalue weighted by Crippen LogP contribution is 2.31. The molecule has 3 aromatic rings. The highest BCUT2D eigenvalue weighted by molar-refractivity contribution is 5.89. The molecule has 0 spiro atoms. The van der Waals surface area contributed by atoms with Crippen LogP contribution in [0.2, 0.25) is 0 Å². The summed E-state index contributed by atoms with van der Waals surface area (Å²) in [5, 5.41) is 14.9. The molecule has 10 heteroatoms. The van der Waals surface area contributed by atoms with Crippen molar-refractivity contribution in [2.75, 3.05) is 50.0 Å². The molecular weight excluding hydrogens is 398 g/mol. The first-order chi connectivity index (χ1) is 15.1. The molecule has 1 amide bonds. The molecule has 3 N–H and O–H groups in total. The Morgan fingerprint density at radius 2 is 1.90 bits per heavy atom. The minimum atomic E-state index is -0.896. The Labute approximate surface area is 179 Å². The van der Waals surface area contributed by atoms with Gasteiger partial charge in [0, 0.05) is 37.4 Å². The Morgan fingerprint density at radius 3 is 2.65 bits per heavy atom. The van der Waals surface area contributed by atoms with Crippen molar-refractivity contribution in [3.8, 4) is 11.4 Å². The Balaban J connectivity index is 1.62. The number of amides is 1. The maximum Gasteiger partial charge on any atom is 0.407 e. The number of nitrogen functional groups attached to an aromatic ring is 1. The van der Waals surface area contributed by atoms with Crippen LogP contribution in [-0.2, 0) is 4.74 Å². The second-order valence-electron chi connectivity index (χ2n) is 7.94. The van der Waals surface area contributed by atoms with E-state index in [0.717, 1.165) is 48.3 Å². The molecule has 0 bridgehead atoms. The fourth-order valence-electron chi connectivity index (χ4n) is 4.28. The summed E-state index contributed by atoms with van der Waals surface area (Å²) in [7, 11) is 0. The van der Waals surface area contributed by atoms with Gasteiger partial charge in [0.05, 0.1) is 30.8 Å². The standard InChI is InChI=1S/C21H25N7O3/c22-15-5-3-14(4-6-15)18-24-19(26-8-10-31-11-9-26)17-12-23-28(20(17)25-18)16-2-1-7-27(13-16)21(29)30/h3-6,12,16H,1-2,7-11,13,22H2,(H,29,30)/t16-/m0/s1. The van der Waals surface area contributed by atoms with Crippen molar-refractivity contribution < 1.29 is 14.6 Å². The van der Waals surface area contributed by atoms with E-state index in [4.69, 9.17) is 20.4 Å². The van der Waals surface area contributed by atoms with E-state index in [9.17, 15) is 9.90 Å². The summed E-state index contributed by atoms with van der Waals surface area (Å²) < 4.78 is 7.39. The Morgan fingerprint density at radius 1 is 1.13 bits per heavy atom. The number of anilines is 2. The molecule has 0 unspecified atom stereocenters. The number of ether oxygens (including phenoxy) is 1. The van der Waals surface area contributed by atoms with Gasteiger partial charge in [0.25, 0.3) is 0 Å². The van der Waals surface area contributed by atoms with Crippen LogP contribution in [0.15, 0.2) is 30.5 Å². The van der Waals surface area contributed by atoms with Crippen LogP contribution in [0.1, 0.15) is 18.9 Å². The number of likely N-dealkylation sites (tertiary alicyclic amines) is 1. The van der Waals surface area contributed by atoms with Crippen LogP contribution in [0.3, 0.4) is 0 Å². The van der Waals surface area contributed by atoms with Crippen LogP contribution < -0.4 is 10.6 Å². The Hall–Kier alpha value is -3.40. The van der Waals surface area contributed by atoms with Crippen molar-refractivity contribution in [1.82, 2.24) is 24.6 Å². The van der Waals surface area contributed by atoms with Gasteiger partial charge in [-0.3, -0.25) is 0 Å². The summed E-state index contributed by atoms with van der Waals surface area (Å²) in [6.07, 6.45) is 2.55. The second-order valence-corrected chi connectivity index (χ2v) is 7.94. The van der Waals surface area contributed by atoms with E-state index >= 15 is 0 Å². The van der Waals surface area contributed by atoms with Gasteiger partial charge < -0.3 is 25.4 Å². The third-order valence-corrected chi connectivity index (χ3v) is 5.93. The number of rotatable bonds is 3. The first-order valence-corrected chi connectivity index (χ1v) is 10.5. The van der Waals surface area contributed by atoms with Gasteiger partial charge in [-0.25, -0.2) is 19.4 Å². The molecule has 162 valence electrons. The lowest BCUT2D eigenvalue weighted by molar-refractivity contribution is 0.120. The highest BCUT2D eigenvalue weighted by atomic mass is 16.5. The molecule has 10 nitrogen and oxygen atoms in total. The molecule has 2 aromatic heterocycles. The van der Waals surface area contributed by atoms with E-state index in [1.165, 1.54) is 4.90 Å². The normalized spacial score (nSPS) is 19.7. The van der Waals surface area contributed by atoms with Crippen LogP contribution in [0.4, 0.5) is 16.3 Å². The molecular formula is C21H25N7O3. The van der Waals surface area contributed by atoms with Gasteiger partial charge in [0.1, 0.15) is 5.82 Å². The summed E-state index contributed by atoms with van der Waals surface area (Å²) in [4.78, 5) is 24.9. The number of carbonyl (C=O) groups is 1. The molecule has 1 aromatic carbocycles. The maximum atomic E-state index is 11.5. The van der Waals surface area contributed by atoms with Gasteiger partial charge in [-0.15, -0.1) is 0 Å². The quantitative estimate of drug-likeness (QED) is 0.615. The largest absolute Gasteiger partial charge is 0.465 e. The van der Waals surface area contributed by atoms with Gasteiger partial charge in [-0.1, -0.05) is 0 Å². The second kappa shape index (κ2) is 8.03. The molecule has 2 aliphatic heterocycles. The van der Waals surface area contributed by atoms with E-state index in [0.29, 0.717) is 37.8 Å². The minimum absolute atomic E-state index is 0.0611. The number of nitrogens with zero attached hydrogens (tertiary/aromatic N) is 6. The number of fused-ring (bicyclic) bond motifs is 1. The first-order valence-electron chi connectivity index (χ1n) is 10.5. The zero-order chi connectivity index (χ0) is 21.4. The zero-order valence-electron chi connectivity index (χ0n) is 17.1. The van der Waals surface area contributed by atoms with Crippen molar-refractivity contribution >= 4 is 28.6 Å². The summed E-state index contributed by atoms with van der Waals surface area (Å²) >= 11 is 0. The Kier molecular flexibility index (Phi) is 5.06. The lowest BCUT2D eigenvalue weighted by Gasteiger charge is -2.31. The lowest BCUT2D eigenvalue weighted by atomic mass is 10.1. The average Bonchev–Trinajstić information content (AvgIpc) is 3.24. The third kappa shape index (κ3) is 3.74. The highest BCUT2D eigenvalue weighted by Gasteiger charge is 2.28. The first kappa shape index (κ1) is 19.6. The van der Waals surface area contributed by atoms with Gasteiger partial charge in [0.15, 0.2) is 11.5 Å². The molecule has 0 aliphatic carbocycles. The summed E-state index contributed by atoms with van der Waals surface area (Å²) in [5.41, 5.74) is 8.13. The molecule has 1 atom stereocenters. The maximum absolute atomic E-state index is 11.5. The molecule has 2 aliphatic rings. The van der Waals surface area contributed by atoms with Gasteiger partial charge >= 0.3 is 6.09 Å². The molecule has 0 radical (unpaired) electrons. The van der Waals surface area contributed by atoms with Crippen molar-refractivity contribution in [1.29, 1.82) is 0 Å². The smallest absolute Gasteiger partial charge is 0.407 e. The van der Waals surface area contributed by atoms with E-state index in [2.05, 4.69) is 10.00 Å². The fourth-order valence-corrected chi connectivity index (χ4v) is 4.28. The van der Waals surface area contributed by atoms with Crippen molar-refractivity contribution in [2.24, 2.45) is 0 Å². The van der Waals surface area contributed by atoms with Crippen LogP contribution in [-0.4, -0.2) is 75.2 Å². The molecule has 5 rings (SSSR count). The minimum Gasteiger partial charge on any atom is -0.465 e. The fraction of sp³-hybridized carbons (Fsp3) is 0.429. The SMILES string of the molecule is Nc1ccc(-c2nc(N3CCOCC3)c3cnn([C@H]4CCCN(C(=O)O)C4)c3n2)cc1. The number of hydrogen-bond donors (Lipinski definition) is 2. The molecule has 31 heavy (non-hydrogen) atoms. The predicted molar refractivity (Wildman–Crippen MR) is 116 cm³/mol. The lowest BCUT2D eigenvalue weighted by Crippen LogP contribution is -2.40. The number of hydrogen-bond acceptors (Lipinski definition) is 7. The number of aromatic nitrogens is 4. The van der Waals surface area contributed by atoms with Crippen LogP contribution in [0.25, 0.3) is 22.4 Å². The molecule has 2 fully saturated rings. The summed E-state index contributed by atoms with van der Waals surface area (Å²) in [5.74, 6) is 1.43. The van der Waals surface area contributed by atoms with Crippen molar-refractivity contribution in [3.05, 3.63) is 30.5 Å². The Bertz CT molecular complexity index is 1090. The van der Waals surface area contributed by atoms with Gasteiger partial charge in [-0.05, 0) is 37.1 Å². The molecule has 0 saturated carbocycles. The predicted octanol–water partition coefficient (Wildman–Crippen LogP) is 2.23. The summed E-state index contributed by atoms with van der Waals surface area (Å²) in [6, 6.07) is 7.43. The van der Waals surface area contributed by atoms with Crippen molar-refractivity contribution in [3.63, 3.8) is 0 Å². The topological polar surface area (TPSA) is 123 Å². The van der Waals surface area contributed by atoms with E-state index in [1.807, 2.05) is 28.9 Å². The van der Waals surface area contributed by atoms with Gasteiger partial charge in [-0.2, -0.15) is 5.10 Å². The third-order valence-electron chi connectivity index (χ3n) is 5.93. The molecule has 4 heterocycles. The monoisotopic (exact) mass is 423 g/mol. The van der Waals surface area contributed by atoms with Crippen LogP contribution in [0, 0.1) is 0 Å². The summed E-state index contributed by atoms with van der Waals surface area (Å²) in [6.45, 7) is 3.74. The number of carboxylic acid groups (broad SMARTS) is 1. The number of benzene rings is 1. The number of morpholine rings is 1. The number of piperidine rings is 1. The number of nitrogens with two attached hydrogens (primary N) is 1. The van der Waals surface area contributed by atoms with Crippen LogP contribution in [0.5, 0.6) is 0 Å². The van der Waals surface area contributed by atoms with Gasteiger partial charge in [0.2, 0.25) is 0 Å². The van der Waals surface area contributed by atoms with Crippen molar-refractivity contribution in [2.45, 2.75) is 18.9 Å². The van der Waals surface area contributed by atoms with E-state index < -0.39 is 6.09 Å². The van der Waals surface area contributed by atoms with E-state index in [-0.39, 0.29) is 6.04 Å². The zero-order valence-corrected chi connectivity index (χ0v) is 17.1. The average molecular weight is 423 g/mol.